The van der Waals surface area contributed by atoms with Crippen molar-refractivity contribution in [3.63, 3.8) is 0 Å². The molecule has 26 heavy (non-hydrogen) atoms. The van der Waals surface area contributed by atoms with Crippen LogP contribution in [0, 0.1) is 20.8 Å². The Morgan fingerprint density at radius 1 is 1.04 bits per heavy atom. The van der Waals surface area contributed by atoms with E-state index in [1.54, 1.807) is 6.92 Å². The van der Waals surface area contributed by atoms with Crippen LogP contribution in [-0.4, -0.2) is 16.1 Å². The molecule has 0 aliphatic carbocycles. The average molecular weight is 353 g/mol. The van der Waals surface area contributed by atoms with E-state index in [-0.39, 0.29) is 35.0 Å². The van der Waals surface area contributed by atoms with Crippen molar-refractivity contribution in [2.45, 2.75) is 27.2 Å². The molecule has 0 fully saturated rings. The van der Waals surface area contributed by atoms with E-state index in [1.807, 2.05) is 32.0 Å². The summed E-state index contributed by atoms with van der Waals surface area (Å²) < 4.78 is 5.17. The molecule has 0 aliphatic heterocycles. The van der Waals surface area contributed by atoms with E-state index in [0.717, 1.165) is 17.2 Å². The van der Waals surface area contributed by atoms with Gasteiger partial charge >= 0.3 is 5.63 Å². The number of carbonyl (C=O) groups is 1. The fourth-order valence-electron chi connectivity index (χ4n) is 3.13. The number of nitrogens with one attached hydrogen (secondary N) is 1. The second-order valence-corrected chi connectivity index (χ2v) is 6.43. The summed E-state index contributed by atoms with van der Waals surface area (Å²) in [7, 11) is 0. The molecule has 0 saturated carbocycles. The fraction of sp³-hybridized carbons (Fsp3) is 0.200. The molecule has 3 N–H and O–H groups in total. The first-order chi connectivity index (χ1) is 12.2. The Balaban J connectivity index is 1.95. The van der Waals surface area contributed by atoms with Crippen LogP contribution in [0.2, 0.25) is 0 Å². The normalized spacial score (nSPS) is 10.9. The number of hydrogen-bond donors (Lipinski definition) is 3. The minimum Gasteiger partial charge on any atom is -0.508 e. The van der Waals surface area contributed by atoms with Crippen LogP contribution < -0.4 is 10.9 Å². The van der Waals surface area contributed by atoms with Gasteiger partial charge in [-0.1, -0.05) is 6.07 Å². The molecule has 0 aliphatic rings. The van der Waals surface area contributed by atoms with Gasteiger partial charge in [-0.15, -0.1) is 0 Å². The van der Waals surface area contributed by atoms with Gasteiger partial charge in [0.05, 0.1) is 17.4 Å². The van der Waals surface area contributed by atoms with Gasteiger partial charge in [-0.3, -0.25) is 4.79 Å². The number of fused-ring (bicyclic) bond motifs is 1. The number of amides is 1. The zero-order valence-corrected chi connectivity index (χ0v) is 14.7. The van der Waals surface area contributed by atoms with Gasteiger partial charge in [0.15, 0.2) is 0 Å². The number of carbonyl (C=O) groups excluding carboxylic acids is 1. The zero-order valence-electron chi connectivity index (χ0n) is 14.7. The molecule has 134 valence electrons. The van der Waals surface area contributed by atoms with Crippen LogP contribution in [0.3, 0.4) is 0 Å². The van der Waals surface area contributed by atoms with Crippen LogP contribution in [0.25, 0.3) is 11.0 Å². The maximum atomic E-state index is 12.4. The number of rotatable bonds is 3. The SMILES string of the molecule is Cc1cc(C)cc(NC(=O)Cc2c(C)c3c(O)cc(O)cc3oc2=O)c1. The number of anilines is 1. The molecule has 3 aromatic rings. The summed E-state index contributed by atoms with van der Waals surface area (Å²) in [5.41, 5.74) is 2.71. The van der Waals surface area contributed by atoms with Crippen molar-refractivity contribution in [2.24, 2.45) is 0 Å². The van der Waals surface area contributed by atoms with E-state index in [0.29, 0.717) is 16.6 Å². The minimum atomic E-state index is -0.671. The standard InChI is InChI=1S/C20H19NO5/c1-10-4-11(2)6-13(5-10)21-18(24)9-15-12(3)19-16(23)7-14(22)8-17(19)26-20(15)25/h4-8,22-23H,9H2,1-3H3,(H,21,24). The van der Waals surface area contributed by atoms with Gasteiger partial charge in [0.1, 0.15) is 17.1 Å². The average Bonchev–Trinajstić information content (AvgIpc) is 2.49. The predicted molar refractivity (Wildman–Crippen MR) is 98.8 cm³/mol. The summed E-state index contributed by atoms with van der Waals surface area (Å²) in [6, 6.07) is 8.10. The number of benzene rings is 2. The van der Waals surface area contributed by atoms with E-state index >= 15 is 0 Å². The van der Waals surface area contributed by atoms with E-state index in [2.05, 4.69) is 5.32 Å². The highest BCUT2D eigenvalue weighted by molar-refractivity contribution is 5.94. The second-order valence-electron chi connectivity index (χ2n) is 6.43. The summed E-state index contributed by atoms with van der Waals surface area (Å²) >= 11 is 0. The van der Waals surface area contributed by atoms with Crippen molar-refractivity contribution >= 4 is 22.6 Å². The number of aromatic hydroxyl groups is 2. The summed E-state index contributed by atoms with van der Waals surface area (Å²) in [4.78, 5) is 24.7. The molecule has 0 saturated heterocycles. The Bertz CT molecular complexity index is 1060. The monoisotopic (exact) mass is 353 g/mol. The van der Waals surface area contributed by atoms with Crippen LogP contribution in [0.5, 0.6) is 11.5 Å². The number of aryl methyl sites for hydroxylation is 3. The van der Waals surface area contributed by atoms with Gasteiger partial charge in [-0.2, -0.15) is 0 Å². The summed E-state index contributed by atoms with van der Waals surface area (Å²) in [5, 5.41) is 22.7. The molecule has 2 aromatic carbocycles. The predicted octanol–water partition coefficient (Wildman–Crippen LogP) is 3.31. The van der Waals surface area contributed by atoms with E-state index < -0.39 is 5.63 Å². The molecule has 0 unspecified atom stereocenters. The minimum absolute atomic E-state index is 0.0727. The molecule has 1 amide bonds. The van der Waals surface area contributed by atoms with Crippen LogP contribution in [-0.2, 0) is 11.2 Å². The molecule has 0 radical (unpaired) electrons. The van der Waals surface area contributed by atoms with Crippen LogP contribution in [0.4, 0.5) is 5.69 Å². The Kier molecular flexibility index (Phi) is 4.42. The summed E-state index contributed by atoms with van der Waals surface area (Å²) in [5.74, 6) is -0.780. The first kappa shape index (κ1) is 17.5. The third kappa shape index (κ3) is 3.39. The van der Waals surface area contributed by atoms with Gasteiger partial charge in [-0.05, 0) is 49.6 Å². The van der Waals surface area contributed by atoms with E-state index in [9.17, 15) is 19.8 Å². The highest BCUT2D eigenvalue weighted by Crippen LogP contribution is 2.32. The van der Waals surface area contributed by atoms with Crippen molar-refractivity contribution < 1.29 is 19.4 Å². The topological polar surface area (TPSA) is 99.8 Å². The lowest BCUT2D eigenvalue weighted by molar-refractivity contribution is -0.115. The maximum Gasteiger partial charge on any atom is 0.340 e. The maximum absolute atomic E-state index is 12.4. The summed E-state index contributed by atoms with van der Waals surface area (Å²) in [6.45, 7) is 5.50. The largest absolute Gasteiger partial charge is 0.508 e. The van der Waals surface area contributed by atoms with E-state index in [4.69, 9.17) is 4.42 Å². The first-order valence-corrected chi connectivity index (χ1v) is 8.11. The highest BCUT2D eigenvalue weighted by atomic mass is 16.4. The summed E-state index contributed by atoms with van der Waals surface area (Å²) in [6.07, 6.45) is -0.183. The van der Waals surface area contributed by atoms with Crippen LogP contribution in [0.1, 0.15) is 22.3 Å². The Labute approximate surface area is 149 Å². The number of hydrogen-bond acceptors (Lipinski definition) is 5. The van der Waals surface area contributed by atoms with Gasteiger partial charge in [0.25, 0.3) is 0 Å². The van der Waals surface area contributed by atoms with Gasteiger partial charge in [0.2, 0.25) is 5.91 Å². The first-order valence-electron chi connectivity index (χ1n) is 8.11. The van der Waals surface area contributed by atoms with Gasteiger partial charge in [-0.25, -0.2) is 4.79 Å². The molecule has 0 atom stereocenters. The highest BCUT2D eigenvalue weighted by Gasteiger charge is 2.18. The Hall–Kier alpha value is -3.28. The third-order valence-electron chi connectivity index (χ3n) is 4.19. The van der Waals surface area contributed by atoms with Crippen molar-refractivity contribution in [3.8, 4) is 11.5 Å². The molecule has 6 nitrogen and oxygen atoms in total. The number of phenols is 2. The lowest BCUT2D eigenvalue weighted by Crippen LogP contribution is -2.20. The Morgan fingerprint density at radius 3 is 2.35 bits per heavy atom. The second kappa shape index (κ2) is 6.55. The molecule has 1 aromatic heterocycles. The van der Waals surface area contributed by atoms with Crippen molar-refractivity contribution in [1.82, 2.24) is 0 Å². The molecule has 1 heterocycles. The Morgan fingerprint density at radius 2 is 1.69 bits per heavy atom. The molecular weight excluding hydrogens is 334 g/mol. The van der Waals surface area contributed by atoms with Crippen molar-refractivity contribution in [3.05, 3.63) is 63.0 Å². The lowest BCUT2D eigenvalue weighted by atomic mass is 10.0. The molecule has 0 bridgehead atoms. The van der Waals surface area contributed by atoms with Crippen molar-refractivity contribution in [1.29, 1.82) is 0 Å². The molecule has 3 rings (SSSR count). The fourth-order valence-corrected chi connectivity index (χ4v) is 3.13. The molecular formula is C20H19NO5. The van der Waals surface area contributed by atoms with E-state index in [1.165, 1.54) is 6.07 Å². The molecule has 6 heteroatoms. The third-order valence-corrected chi connectivity index (χ3v) is 4.19. The van der Waals surface area contributed by atoms with Crippen LogP contribution in [0.15, 0.2) is 39.5 Å². The number of phenolic OH excluding ortho intramolecular Hbond substituents is 2. The quantitative estimate of drug-likeness (QED) is 0.627. The smallest absolute Gasteiger partial charge is 0.340 e. The van der Waals surface area contributed by atoms with Crippen LogP contribution >= 0.6 is 0 Å². The van der Waals surface area contributed by atoms with Crippen molar-refractivity contribution in [2.75, 3.05) is 5.32 Å². The van der Waals surface area contributed by atoms with Gasteiger partial charge < -0.3 is 19.9 Å². The zero-order chi connectivity index (χ0) is 19.0. The van der Waals surface area contributed by atoms with Gasteiger partial charge in [0, 0.05) is 17.8 Å². The lowest BCUT2D eigenvalue weighted by Gasteiger charge is -2.11. The molecule has 0 spiro atoms.